The van der Waals surface area contributed by atoms with E-state index in [1.165, 1.54) is 116 Å². The third-order valence-corrected chi connectivity index (χ3v) is 5.07. The second-order valence-electron chi connectivity index (χ2n) is 9.85. The van der Waals surface area contributed by atoms with Crippen molar-refractivity contribution in [2.24, 2.45) is 11.8 Å². The van der Waals surface area contributed by atoms with E-state index in [0.717, 1.165) is 11.5 Å². The van der Waals surface area contributed by atoms with E-state index >= 15 is 0 Å². The first kappa shape index (κ1) is 44.5. The van der Waals surface area contributed by atoms with Crippen molar-refractivity contribution in [3.8, 4) is 0 Å². The molecule has 0 heterocycles. The van der Waals surface area contributed by atoms with Crippen LogP contribution >= 0.6 is 0 Å². The monoisotopic (exact) mass is 608 g/mol. The zero-order chi connectivity index (χ0) is 25.3. The van der Waals surface area contributed by atoms with E-state index < -0.39 is 0 Å². The van der Waals surface area contributed by atoms with Crippen LogP contribution in [0.1, 0.15) is 157 Å². The van der Waals surface area contributed by atoms with Gasteiger partial charge in [-0.2, -0.15) is 11.5 Å². The van der Waals surface area contributed by atoms with Crippen molar-refractivity contribution in [3.63, 3.8) is 0 Å². The van der Waals surface area contributed by atoms with Gasteiger partial charge >= 0.3 is 23.9 Å². The maximum Gasteiger partial charge on any atom is 2.00 e. The summed E-state index contributed by atoms with van der Waals surface area (Å²) < 4.78 is 0. The summed E-state index contributed by atoms with van der Waals surface area (Å²) in [4.78, 5) is 0. The van der Waals surface area contributed by atoms with Gasteiger partial charge in [0.05, 0.1) is 0 Å². The van der Waals surface area contributed by atoms with Gasteiger partial charge in [0.1, 0.15) is 0 Å². The van der Waals surface area contributed by atoms with Crippen LogP contribution in [0.15, 0.2) is 0 Å². The van der Waals surface area contributed by atoms with Crippen molar-refractivity contribution in [1.29, 1.82) is 0 Å². The van der Waals surface area contributed by atoms with Gasteiger partial charge in [0.25, 0.3) is 0 Å². The molecule has 0 aliphatic carbocycles. The minimum Gasteiger partial charge on any atom is -0.793 e. The summed E-state index contributed by atoms with van der Waals surface area (Å²) in [5.41, 5.74) is 0. The molecule has 33 heavy (non-hydrogen) atoms. The van der Waals surface area contributed by atoms with Gasteiger partial charge in [-0.05, 0) is 11.8 Å². The van der Waals surface area contributed by atoms with Gasteiger partial charge in [-0.3, -0.25) is 0 Å². The molecular formula is C30H64S2Sn. The van der Waals surface area contributed by atoms with Gasteiger partial charge in [-0.1, -0.05) is 171 Å². The van der Waals surface area contributed by atoms with Gasteiger partial charge in [0.15, 0.2) is 0 Å². The minimum absolute atomic E-state index is 0. The predicted molar refractivity (Wildman–Crippen MR) is 165 cm³/mol. The molecule has 0 aromatic carbocycles. The molecule has 0 saturated heterocycles. The molecule has 0 amide bonds. The Labute approximate surface area is 242 Å². The largest absolute Gasteiger partial charge is 2.00 e. The molecule has 3 heteroatoms. The van der Waals surface area contributed by atoms with Gasteiger partial charge in [0, 0.05) is 0 Å². The topological polar surface area (TPSA) is 0 Å². The zero-order valence-corrected chi connectivity index (χ0v) is 28.5. The van der Waals surface area contributed by atoms with E-state index in [0.29, 0.717) is 11.8 Å². The van der Waals surface area contributed by atoms with Crippen LogP contribution in [0.25, 0.3) is 0 Å². The SMILES string of the molecule is CCCCCCCCCCC[S-].CCCCCCCCCCC[S-].[CH2]C(C)C.[CH2]C(C)C.[Sn+2]. The first-order chi connectivity index (χ1) is 15.3. The molecule has 4 radical (unpaired) electrons. The molecule has 0 aliphatic rings. The summed E-state index contributed by atoms with van der Waals surface area (Å²) in [5, 5.41) is 0. The van der Waals surface area contributed by atoms with E-state index in [4.69, 9.17) is 25.3 Å². The fourth-order valence-electron chi connectivity index (χ4n) is 2.83. The molecule has 0 saturated carbocycles. The number of hydrogen-bond donors (Lipinski definition) is 0. The molecule has 0 aromatic heterocycles. The second-order valence-corrected chi connectivity index (χ2v) is 10.7. The van der Waals surface area contributed by atoms with E-state index in [1.807, 2.05) is 0 Å². The van der Waals surface area contributed by atoms with E-state index in [9.17, 15) is 0 Å². The van der Waals surface area contributed by atoms with Gasteiger partial charge < -0.3 is 25.3 Å². The summed E-state index contributed by atoms with van der Waals surface area (Å²) in [5.74, 6) is 3.08. The molecule has 0 rings (SSSR count). The predicted octanol–water partition coefficient (Wildman–Crippen LogP) is 10.7. The summed E-state index contributed by atoms with van der Waals surface area (Å²) in [7, 11) is 0. The van der Waals surface area contributed by atoms with Crippen molar-refractivity contribution in [1.82, 2.24) is 0 Å². The molecule has 0 aromatic rings. The van der Waals surface area contributed by atoms with E-state index in [2.05, 4.69) is 55.4 Å². The van der Waals surface area contributed by atoms with E-state index in [1.54, 1.807) is 0 Å². The van der Waals surface area contributed by atoms with Crippen LogP contribution in [0, 0.1) is 25.7 Å². The van der Waals surface area contributed by atoms with Crippen LogP contribution in [0.4, 0.5) is 0 Å². The molecule has 0 spiro atoms. The molecule has 0 bridgehead atoms. The number of rotatable bonds is 18. The van der Waals surface area contributed by atoms with Crippen LogP contribution < -0.4 is 0 Å². The zero-order valence-electron chi connectivity index (χ0n) is 24.0. The second kappa shape index (κ2) is 46.8. The fraction of sp³-hybridized carbons (Fsp3) is 0.933. The maximum atomic E-state index is 4.89. The Morgan fingerprint density at radius 1 is 0.424 bits per heavy atom. The van der Waals surface area contributed by atoms with Gasteiger partial charge in [-0.15, -0.1) is 0 Å². The van der Waals surface area contributed by atoms with Crippen LogP contribution in [-0.4, -0.2) is 35.4 Å². The molecule has 0 fully saturated rings. The van der Waals surface area contributed by atoms with Crippen molar-refractivity contribution in [3.05, 3.63) is 13.8 Å². The standard InChI is InChI=1S/2C11H24S.2C4H9.Sn/c2*1-2-3-4-5-6-7-8-9-10-11-12;2*1-4(2)3;/h2*12H,2-11H2,1H3;2*4H,1H2,2-3H3;/q;;;;+2/p-2. The van der Waals surface area contributed by atoms with Crippen LogP contribution in [-0.2, 0) is 25.3 Å². The van der Waals surface area contributed by atoms with Gasteiger partial charge in [-0.25, -0.2) is 0 Å². The average Bonchev–Trinajstić information content (AvgIpc) is 2.72. The number of hydrogen-bond acceptors (Lipinski definition) is 2. The third-order valence-electron chi connectivity index (χ3n) is 4.50. The van der Waals surface area contributed by atoms with Crippen molar-refractivity contribution >= 4 is 49.2 Å². The Morgan fingerprint density at radius 2 is 0.576 bits per heavy atom. The molecule has 0 nitrogen and oxygen atoms in total. The Kier molecular flexibility index (Phi) is 63.1. The Bertz CT molecular complexity index is 206. The molecular weight excluding hydrogens is 543 g/mol. The maximum absolute atomic E-state index is 4.89. The van der Waals surface area contributed by atoms with Crippen molar-refractivity contribution in [2.75, 3.05) is 11.5 Å². The Balaban J connectivity index is -0.000000117. The molecule has 0 atom stereocenters. The summed E-state index contributed by atoms with van der Waals surface area (Å²) in [6, 6.07) is 0. The Hall–Kier alpha value is 1.50. The van der Waals surface area contributed by atoms with Crippen molar-refractivity contribution in [2.45, 2.75) is 157 Å². The van der Waals surface area contributed by atoms with Gasteiger partial charge in [0.2, 0.25) is 0 Å². The van der Waals surface area contributed by atoms with Crippen LogP contribution in [0.3, 0.4) is 0 Å². The van der Waals surface area contributed by atoms with Crippen LogP contribution in [0.2, 0.25) is 0 Å². The average molecular weight is 608 g/mol. The normalized spacial score (nSPS) is 9.82. The number of unbranched alkanes of at least 4 members (excludes halogenated alkanes) is 16. The smallest absolute Gasteiger partial charge is 0.793 e. The summed E-state index contributed by atoms with van der Waals surface area (Å²) in [6.45, 7) is 20.0. The summed E-state index contributed by atoms with van der Waals surface area (Å²) in [6.07, 6.45) is 25.1. The quantitative estimate of drug-likeness (QED) is 0.0864. The van der Waals surface area contributed by atoms with Crippen LogP contribution in [0.5, 0.6) is 0 Å². The summed E-state index contributed by atoms with van der Waals surface area (Å²) >= 11 is 9.77. The first-order valence-electron chi connectivity index (χ1n) is 14.1. The van der Waals surface area contributed by atoms with Crippen molar-refractivity contribution < 1.29 is 0 Å². The molecule has 0 N–H and O–H groups in total. The molecule has 200 valence electrons. The Morgan fingerprint density at radius 3 is 0.727 bits per heavy atom. The first-order valence-corrected chi connectivity index (χ1v) is 15.3. The fourth-order valence-corrected chi connectivity index (χ4v) is 3.23. The minimum atomic E-state index is 0. The molecule has 0 aliphatic heterocycles. The third kappa shape index (κ3) is 87.4. The molecule has 0 unspecified atom stereocenters. The van der Waals surface area contributed by atoms with E-state index in [-0.39, 0.29) is 23.9 Å².